The van der Waals surface area contributed by atoms with E-state index in [9.17, 15) is 0 Å². The van der Waals surface area contributed by atoms with Crippen LogP contribution < -0.4 is 10.5 Å². The van der Waals surface area contributed by atoms with Gasteiger partial charge in [-0.3, -0.25) is 0 Å². The van der Waals surface area contributed by atoms with E-state index >= 15 is 0 Å². The monoisotopic (exact) mass is 208 g/mol. The number of nitrogens with zero attached hydrogens (tertiary/aromatic N) is 1. The minimum absolute atomic E-state index is 0.552. The molecule has 0 radical (unpaired) electrons. The molecule has 0 spiro atoms. The first-order chi connectivity index (χ1) is 7.09. The summed E-state index contributed by atoms with van der Waals surface area (Å²) < 4.78 is 5.50. The Labute approximate surface area is 91.7 Å². The van der Waals surface area contributed by atoms with Gasteiger partial charge in [0.2, 0.25) is 5.88 Å². The number of hydrogen-bond acceptors (Lipinski definition) is 3. The minimum atomic E-state index is 0.552. The fraction of sp³-hybridized carbons (Fsp3) is 0.583. The molecule has 1 aromatic heterocycles. The van der Waals surface area contributed by atoms with Crippen LogP contribution in [0.15, 0.2) is 12.1 Å². The van der Waals surface area contributed by atoms with Crippen molar-refractivity contribution in [2.45, 2.75) is 33.6 Å². The van der Waals surface area contributed by atoms with Gasteiger partial charge in [-0.05, 0) is 31.2 Å². The highest BCUT2D eigenvalue weighted by molar-refractivity contribution is 5.40. The number of aryl methyl sites for hydroxylation is 1. The summed E-state index contributed by atoms with van der Waals surface area (Å²) in [6, 6.07) is 3.79. The van der Waals surface area contributed by atoms with Crippen molar-refractivity contribution >= 4 is 5.82 Å². The smallest absolute Gasteiger partial charge is 0.215 e. The molecule has 0 saturated carbocycles. The van der Waals surface area contributed by atoms with Gasteiger partial charge in [0.1, 0.15) is 5.82 Å². The lowest BCUT2D eigenvalue weighted by atomic mass is 10.1. The molecule has 2 N–H and O–H groups in total. The molecule has 0 aliphatic heterocycles. The molecule has 1 aromatic rings. The maximum absolute atomic E-state index is 5.68. The van der Waals surface area contributed by atoms with Gasteiger partial charge in [-0.2, -0.15) is 4.98 Å². The van der Waals surface area contributed by atoms with Crippen LogP contribution in [0.4, 0.5) is 5.82 Å². The summed E-state index contributed by atoms with van der Waals surface area (Å²) in [6.45, 7) is 7.07. The van der Waals surface area contributed by atoms with Crippen molar-refractivity contribution in [2.24, 2.45) is 5.92 Å². The molecular formula is C12H20N2O. The standard InChI is InChI=1S/C12H20N2O/c1-9(2)5-4-8-15-11-7-6-10(3)12(13)14-11/h6-7,9H,4-5,8H2,1-3H3,(H2,13,14). The average molecular weight is 208 g/mol. The lowest BCUT2D eigenvalue weighted by Gasteiger charge is -2.08. The van der Waals surface area contributed by atoms with Crippen molar-refractivity contribution in [2.75, 3.05) is 12.3 Å². The van der Waals surface area contributed by atoms with Gasteiger partial charge >= 0.3 is 0 Å². The lowest BCUT2D eigenvalue weighted by Crippen LogP contribution is -2.03. The van der Waals surface area contributed by atoms with Crippen molar-refractivity contribution < 1.29 is 4.74 Å². The number of nitrogens with two attached hydrogens (primary N) is 1. The molecule has 0 atom stereocenters. The van der Waals surface area contributed by atoms with Gasteiger partial charge in [0.15, 0.2) is 0 Å². The Morgan fingerprint density at radius 1 is 1.40 bits per heavy atom. The van der Waals surface area contributed by atoms with E-state index in [2.05, 4.69) is 18.8 Å². The molecular weight excluding hydrogens is 188 g/mol. The Morgan fingerprint density at radius 3 is 2.73 bits per heavy atom. The number of hydrogen-bond donors (Lipinski definition) is 1. The Bertz CT molecular complexity index is 310. The highest BCUT2D eigenvalue weighted by atomic mass is 16.5. The summed E-state index contributed by atoms with van der Waals surface area (Å²) in [6.07, 6.45) is 2.24. The molecule has 0 unspecified atom stereocenters. The van der Waals surface area contributed by atoms with Crippen LogP contribution in [-0.2, 0) is 0 Å². The van der Waals surface area contributed by atoms with Crippen LogP contribution in [0, 0.1) is 12.8 Å². The van der Waals surface area contributed by atoms with Crippen LogP contribution in [-0.4, -0.2) is 11.6 Å². The van der Waals surface area contributed by atoms with Crippen molar-refractivity contribution in [3.05, 3.63) is 17.7 Å². The third kappa shape index (κ3) is 4.19. The van der Waals surface area contributed by atoms with Gasteiger partial charge in [0.25, 0.3) is 0 Å². The van der Waals surface area contributed by atoms with E-state index in [1.54, 1.807) is 0 Å². The van der Waals surface area contributed by atoms with Crippen LogP contribution in [0.2, 0.25) is 0 Å². The summed E-state index contributed by atoms with van der Waals surface area (Å²) in [7, 11) is 0. The number of ether oxygens (including phenoxy) is 1. The Hall–Kier alpha value is -1.25. The molecule has 0 saturated heterocycles. The maximum Gasteiger partial charge on any atom is 0.215 e. The average Bonchev–Trinajstić information content (AvgIpc) is 2.18. The predicted octanol–water partition coefficient (Wildman–Crippen LogP) is 2.79. The van der Waals surface area contributed by atoms with Crippen molar-refractivity contribution in [1.82, 2.24) is 4.98 Å². The third-order valence-electron chi connectivity index (χ3n) is 2.29. The summed E-state index contributed by atoms with van der Waals surface area (Å²) >= 11 is 0. The van der Waals surface area contributed by atoms with Crippen molar-refractivity contribution in [1.29, 1.82) is 0 Å². The van der Waals surface area contributed by atoms with E-state index < -0.39 is 0 Å². The molecule has 15 heavy (non-hydrogen) atoms. The SMILES string of the molecule is Cc1ccc(OCCCC(C)C)nc1N. The number of anilines is 1. The number of pyridine rings is 1. The van der Waals surface area contributed by atoms with Crippen molar-refractivity contribution in [3.8, 4) is 5.88 Å². The van der Waals surface area contributed by atoms with Gasteiger partial charge in [0.05, 0.1) is 6.61 Å². The molecule has 0 aliphatic carbocycles. The first-order valence-electron chi connectivity index (χ1n) is 5.45. The van der Waals surface area contributed by atoms with Crippen LogP contribution in [0.3, 0.4) is 0 Å². The Morgan fingerprint density at radius 2 is 2.13 bits per heavy atom. The van der Waals surface area contributed by atoms with Gasteiger partial charge < -0.3 is 10.5 Å². The van der Waals surface area contributed by atoms with Crippen molar-refractivity contribution in [3.63, 3.8) is 0 Å². The van der Waals surface area contributed by atoms with Gasteiger partial charge in [-0.25, -0.2) is 0 Å². The maximum atomic E-state index is 5.68. The highest BCUT2D eigenvalue weighted by Crippen LogP contribution is 2.14. The van der Waals surface area contributed by atoms with Gasteiger partial charge in [-0.15, -0.1) is 0 Å². The fourth-order valence-electron chi connectivity index (χ4n) is 1.27. The Kier molecular flexibility index (Phi) is 4.40. The molecule has 0 bridgehead atoms. The zero-order valence-corrected chi connectivity index (χ0v) is 9.79. The number of aromatic nitrogens is 1. The number of nitrogen functional groups attached to an aromatic ring is 1. The molecule has 1 rings (SSSR count). The van der Waals surface area contributed by atoms with Crippen LogP contribution in [0.1, 0.15) is 32.3 Å². The molecule has 3 heteroatoms. The Balaban J connectivity index is 2.35. The molecule has 0 aliphatic rings. The van der Waals surface area contributed by atoms with E-state index in [0.29, 0.717) is 18.3 Å². The molecule has 84 valence electrons. The first-order valence-corrected chi connectivity index (χ1v) is 5.45. The van der Waals surface area contributed by atoms with Crippen LogP contribution in [0.25, 0.3) is 0 Å². The van der Waals surface area contributed by atoms with E-state index in [0.717, 1.165) is 17.9 Å². The first kappa shape index (κ1) is 11.8. The molecule has 0 aromatic carbocycles. The highest BCUT2D eigenvalue weighted by Gasteiger charge is 2.00. The number of rotatable bonds is 5. The minimum Gasteiger partial charge on any atom is -0.478 e. The molecule has 0 amide bonds. The van der Waals surface area contributed by atoms with E-state index in [1.165, 1.54) is 6.42 Å². The predicted molar refractivity (Wildman–Crippen MR) is 63.0 cm³/mol. The second-order valence-corrected chi connectivity index (χ2v) is 4.24. The zero-order valence-electron chi connectivity index (χ0n) is 9.79. The summed E-state index contributed by atoms with van der Waals surface area (Å²) in [5.41, 5.74) is 6.67. The second kappa shape index (κ2) is 5.59. The lowest BCUT2D eigenvalue weighted by molar-refractivity contribution is 0.287. The summed E-state index contributed by atoms with van der Waals surface area (Å²) in [5, 5.41) is 0. The molecule has 1 heterocycles. The fourth-order valence-corrected chi connectivity index (χ4v) is 1.27. The normalized spacial score (nSPS) is 10.7. The van der Waals surface area contributed by atoms with E-state index in [-0.39, 0.29) is 0 Å². The molecule has 0 fully saturated rings. The van der Waals surface area contributed by atoms with Crippen LogP contribution >= 0.6 is 0 Å². The largest absolute Gasteiger partial charge is 0.478 e. The van der Waals surface area contributed by atoms with Gasteiger partial charge in [0, 0.05) is 6.07 Å². The quantitative estimate of drug-likeness (QED) is 0.757. The molecule has 3 nitrogen and oxygen atoms in total. The topological polar surface area (TPSA) is 48.1 Å². The van der Waals surface area contributed by atoms with Crippen LogP contribution in [0.5, 0.6) is 5.88 Å². The van der Waals surface area contributed by atoms with E-state index in [1.807, 2.05) is 19.1 Å². The van der Waals surface area contributed by atoms with Gasteiger partial charge in [-0.1, -0.05) is 19.9 Å². The zero-order chi connectivity index (χ0) is 11.3. The van der Waals surface area contributed by atoms with E-state index in [4.69, 9.17) is 10.5 Å². The summed E-state index contributed by atoms with van der Waals surface area (Å²) in [4.78, 5) is 4.14. The summed E-state index contributed by atoms with van der Waals surface area (Å²) in [5.74, 6) is 1.91. The second-order valence-electron chi connectivity index (χ2n) is 4.24. The third-order valence-corrected chi connectivity index (χ3v) is 2.29.